The van der Waals surface area contributed by atoms with Crippen LogP contribution >= 0.6 is 35.3 Å². The molecule has 1 unspecified atom stereocenters. The lowest BCUT2D eigenvalue weighted by Crippen LogP contribution is -2.34. The van der Waals surface area contributed by atoms with Crippen molar-refractivity contribution in [2.45, 2.75) is 25.4 Å². The highest BCUT2D eigenvalue weighted by molar-refractivity contribution is 14.0. The Hall–Kier alpha value is -0.410. The highest BCUT2D eigenvalue weighted by atomic mass is 127. The molecule has 2 heterocycles. The number of nitrogens with zero attached hydrogens (tertiary/aromatic N) is 2. The standard InChI is InChI=1S/C11H18N4OS.HI/c12-11(15-8-9-2-1-6-16-9)14-4-3-10-13-5-7-17-10;/h5,7,9H,1-4,6,8H2,(H3,12,14,15);1H. The second-order valence-electron chi connectivity index (χ2n) is 3.96. The van der Waals surface area contributed by atoms with Crippen molar-refractivity contribution in [3.8, 4) is 0 Å². The van der Waals surface area contributed by atoms with E-state index >= 15 is 0 Å². The van der Waals surface area contributed by atoms with Crippen LogP contribution in [0.15, 0.2) is 16.6 Å². The van der Waals surface area contributed by atoms with E-state index in [4.69, 9.17) is 10.5 Å². The predicted molar refractivity (Wildman–Crippen MR) is 84.7 cm³/mol. The van der Waals surface area contributed by atoms with Gasteiger partial charge in [0.15, 0.2) is 5.96 Å². The molecule has 2 rings (SSSR count). The lowest BCUT2D eigenvalue weighted by Gasteiger charge is -2.07. The third-order valence-corrected chi connectivity index (χ3v) is 3.46. The molecule has 0 radical (unpaired) electrons. The number of nitrogens with two attached hydrogens (primary N) is 1. The van der Waals surface area contributed by atoms with Crippen LogP contribution in [0.25, 0.3) is 0 Å². The highest BCUT2D eigenvalue weighted by Gasteiger charge is 2.14. The minimum Gasteiger partial charge on any atom is -0.376 e. The van der Waals surface area contributed by atoms with Crippen LogP contribution in [-0.4, -0.2) is 36.7 Å². The Kier molecular flexibility index (Phi) is 7.52. The summed E-state index contributed by atoms with van der Waals surface area (Å²) in [5.41, 5.74) is 5.76. The topological polar surface area (TPSA) is 72.5 Å². The molecule has 7 heteroatoms. The molecule has 1 aromatic heterocycles. The van der Waals surface area contributed by atoms with Crippen LogP contribution in [0, 0.1) is 0 Å². The van der Waals surface area contributed by atoms with Gasteiger partial charge in [-0.15, -0.1) is 35.3 Å². The molecule has 1 aliphatic rings. The number of thiazole rings is 1. The van der Waals surface area contributed by atoms with Gasteiger partial charge in [0, 0.05) is 31.1 Å². The van der Waals surface area contributed by atoms with E-state index in [0.717, 1.165) is 37.4 Å². The van der Waals surface area contributed by atoms with Crippen molar-refractivity contribution in [1.82, 2.24) is 10.3 Å². The lowest BCUT2D eigenvalue weighted by molar-refractivity contribution is 0.118. The Morgan fingerprint density at radius 1 is 1.67 bits per heavy atom. The van der Waals surface area contributed by atoms with Gasteiger partial charge in [-0.1, -0.05) is 0 Å². The number of halogens is 1. The average molecular weight is 382 g/mol. The number of nitrogens with one attached hydrogen (secondary N) is 1. The molecule has 0 aromatic carbocycles. The van der Waals surface area contributed by atoms with Gasteiger partial charge in [-0.05, 0) is 12.8 Å². The van der Waals surface area contributed by atoms with Crippen molar-refractivity contribution in [3.05, 3.63) is 16.6 Å². The SMILES string of the molecule is I.NC(=NCC1CCCO1)NCCc1nccs1. The number of hydrogen-bond donors (Lipinski definition) is 2. The molecule has 5 nitrogen and oxygen atoms in total. The zero-order chi connectivity index (χ0) is 11.9. The van der Waals surface area contributed by atoms with Gasteiger partial charge in [-0.2, -0.15) is 0 Å². The fourth-order valence-corrected chi connectivity index (χ4v) is 2.34. The quantitative estimate of drug-likeness (QED) is 0.459. The molecule has 1 aromatic rings. The van der Waals surface area contributed by atoms with Gasteiger partial charge in [0.2, 0.25) is 0 Å². The minimum absolute atomic E-state index is 0. The van der Waals surface area contributed by atoms with E-state index < -0.39 is 0 Å². The third kappa shape index (κ3) is 5.49. The van der Waals surface area contributed by atoms with E-state index in [1.54, 1.807) is 11.3 Å². The smallest absolute Gasteiger partial charge is 0.188 e. The summed E-state index contributed by atoms with van der Waals surface area (Å²) >= 11 is 1.66. The molecule has 3 N–H and O–H groups in total. The molecule has 102 valence electrons. The number of guanidine groups is 1. The average Bonchev–Trinajstić information content (AvgIpc) is 2.99. The van der Waals surface area contributed by atoms with E-state index in [0.29, 0.717) is 12.5 Å². The van der Waals surface area contributed by atoms with Crippen molar-refractivity contribution in [2.24, 2.45) is 10.7 Å². The fourth-order valence-electron chi connectivity index (χ4n) is 1.72. The van der Waals surface area contributed by atoms with Crippen LogP contribution in [0.5, 0.6) is 0 Å². The third-order valence-electron chi connectivity index (χ3n) is 2.62. The molecule has 1 saturated heterocycles. The maximum absolute atomic E-state index is 5.76. The van der Waals surface area contributed by atoms with Crippen LogP contribution in [-0.2, 0) is 11.2 Å². The molecule has 1 fully saturated rings. The van der Waals surface area contributed by atoms with E-state index in [1.165, 1.54) is 0 Å². The van der Waals surface area contributed by atoms with Gasteiger partial charge in [-0.25, -0.2) is 4.98 Å². The zero-order valence-corrected chi connectivity index (χ0v) is 13.3. The summed E-state index contributed by atoms with van der Waals surface area (Å²) in [6.45, 7) is 2.29. The molecule has 0 saturated carbocycles. The van der Waals surface area contributed by atoms with Crippen LogP contribution in [0.2, 0.25) is 0 Å². The number of aliphatic imine (C=N–C) groups is 1. The Balaban J connectivity index is 0.00000162. The first kappa shape index (κ1) is 15.6. The van der Waals surface area contributed by atoms with Crippen molar-refractivity contribution < 1.29 is 4.74 Å². The number of hydrogen-bond acceptors (Lipinski definition) is 4. The molecule has 1 aliphatic heterocycles. The lowest BCUT2D eigenvalue weighted by atomic mass is 10.2. The van der Waals surface area contributed by atoms with E-state index in [2.05, 4.69) is 15.3 Å². The zero-order valence-electron chi connectivity index (χ0n) is 10.2. The molecule has 1 atom stereocenters. The molecule has 0 aliphatic carbocycles. The first-order valence-corrected chi connectivity index (χ1v) is 6.76. The molecular weight excluding hydrogens is 363 g/mol. The maximum Gasteiger partial charge on any atom is 0.188 e. The van der Waals surface area contributed by atoms with Crippen molar-refractivity contribution in [3.63, 3.8) is 0 Å². The summed E-state index contributed by atoms with van der Waals surface area (Å²) in [6, 6.07) is 0. The number of ether oxygens (including phenoxy) is 1. The van der Waals surface area contributed by atoms with Gasteiger partial charge in [0.05, 0.1) is 17.7 Å². The largest absolute Gasteiger partial charge is 0.376 e. The summed E-state index contributed by atoms with van der Waals surface area (Å²) in [5, 5.41) is 6.18. The summed E-state index contributed by atoms with van der Waals surface area (Å²) < 4.78 is 5.47. The maximum atomic E-state index is 5.76. The molecule has 0 bridgehead atoms. The molecule has 0 amide bonds. The van der Waals surface area contributed by atoms with E-state index in [9.17, 15) is 0 Å². The highest BCUT2D eigenvalue weighted by Crippen LogP contribution is 2.11. The monoisotopic (exact) mass is 382 g/mol. The predicted octanol–water partition coefficient (Wildman–Crippen LogP) is 1.39. The Labute approximate surface area is 128 Å². The van der Waals surface area contributed by atoms with Gasteiger partial charge in [-0.3, -0.25) is 4.99 Å². The molecule has 0 spiro atoms. The Morgan fingerprint density at radius 2 is 2.56 bits per heavy atom. The minimum atomic E-state index is 0. The van der Waals surface area contributed by atoms with E-state index in [-0.39, 0.29) is 30.1 Å². The first-order valence-electron chi connectivity index (χ1n) is 5.88. The van der Waals surface area contributed by atoms with Crippen molar-refractivity contribution >= 4 is 41.3 Å². The number of aromatic nitrogens is 1. The van der Waals surface area contributed by atoms with E-state index in [1.807, 2.05) is 11.6 Å². The summed E-state index contributed by atoms with van der Waals surface area (Å²) in [6.07, 6.45) is 5.19. The second-order valence-corrected chi connectivity index (χ2v) is 4.94. The fraction of sp³-hybridized carbons (Fsp3) is 0.636. The summed E-state index contributed by atoms with van der Waals surface area (Å²) in [4.78, 5) is 8.47. The molecular formula is C11H19IN4OS. The van der Waals surface area contributed by atoms with Crippen LogP contribution in [0.1, 0.15) is 17.8 Å². The van der Waals surface area contributed by atoms with Crippen molar-refractivity contribution in [2.75, 3.05) is 19.7 Å². The van der Waals surface area contributed by atoms with Crippen LogP contribution < -0.4 is 11.1 Å². The van der Waals surface area contributed by atoms with Crippen LogP contribution in [0.3, 0.4) is 0 Å². The molecule has 18 heavy (non-hydrogen) atoms. The Morgan fingerprint density at radius 3 is 3.22 bits per heavy atom. The van der Waals surface area contributed by atoms with Gasteiger partial charge in [0.25, 0.3) is 0 Å². The van der Waals surface area contributed by atoms with Gasteiger partial charge >= 0.3 is 0 Å². The summed E-state index contributed by atoms with van der Waals surface area (Å²) in [7, 11) is 0. The second kappa shape index (κ2) is 8.65. The normalized spacial score (nSPS) is 19.6. The Bertz CT molecular complexity index is 352. The van der Waals surface area contributed by atoms with Crippen molar-refractivity contribution in [1.29, 1.82) is 0 Å². The van der Waals surface area contributed by atoms with Gasteiger partial charge in [0.1, 0.15) is 0 Å². The van der Waals surface area contributed by atoms with Crippen LogP contribution in [0.4, 0.5) is 0 Å². The first-order chi connectivity index (χ1) is 8.34. The summed E-state index contributed by atoms with van der Waals surface area (Å²) in [5.74, 6) is 0.497. The number of rotatable bonds is 5. The van der Waals surface area contributed by atoms with Gasteiger partial charge < -0.3 is 15.8 Å².